The van der Waals surface area contributed by atoms with Crippen molar-refractivity contribution in [3.05, 3.63) is 36.3 Å². The van der Waals surface area contributed by atoms with Gasteiger partial charge < -0.3 is 0 Å². The first-order valence-corrected chi connectivity index (χ1v) is 5.81. The summed E-state index contributed by atoms with van der Waals surface area (Å²) in [6, 6.07) is 7.84. The van der Waals surface area contributed by atoms with Gasteiger partial charge in [-0.15, -0.1) is 0 Å². The molecule has 1 heterocycles. The van der Waals surface area contributed by atoms with Crippen molar-refractivity contribution in [3.8, 4) is 0 Å². The third-order valence-electron chi connectivity index (χ3n) is 1.96. The minimum absolute atomic E-state index is 0.368. The fraction of sp³-hybridized carbons (Fsp3) is 0.111. The lowest BCUT2D eigenvalue weighted by molar-refractivity contribution is 0.549. The molecule has 0 aliphatic heterocycles. The van der Waals surface area contributed by atoms with Gasteiger partial charge in [0.15, 0.2) is 0 Å². The van der Waals surface area contributed by atoms with Crippen LogP contribution < -0.4 is 0 Å². The summed E-state index contributed by atoms with van der Waals surface area (Å²) in [5.41, 5.74) is 0.368. The maximum Gasteiger partial charge on any atom is 0.238 e. The van der Waals surface area contributed by atoms with Gasteiger partial charge in [-0.2, -0.15) is 4.39 Å². The van der Waals surface area contributed by atoms with Crippen LogP contribution in [0.4, 0.5) is 4.39 Å². The lowest BCUT2D eigenvalue weighted by Gasteiger charge is -2.01. The van der Waals surface area contributed by atoms with Gasteiger partial charge >= 0.3 is 0 Å². The average Bonchev–Trinajstić information content (AvgIpc) is 2.38. The molecule has 0 atom stereocenters. The van der Waals surface area contributed by atoms with Gasteiger partial charge in [-0.25, -0.2) is 12.4 Å². The van der Waals surface area contributed by atoms with Gasteiger partial charge in [0, 0.05) is 11.5 Å². The fourth-order valence-electron chi connectivity index (χ4n) is 1.43. The van der Waals surface area contributed by atoms with Crippen molar-refractivity contribution >= 4 is 20.9 Å². The van der Waals surface area contributed by atoms with Crippen LogP contribution >= 0.6 is 0 Å². The molecule has 0 bridgehead atoms. The van der Waals surface area contributed by atoms with Gasteiger partial charge in [0.25, 0.3) is 0 Å². The van der Waals surface area contributed by atoms with Crippen LogP contribution in [0, 0.1) is 5.95 Å². The Hall–Kier alpha value is -1.36. The molecule has 0 aliphatic rings. The Balaban J connectivity index is 2.95. The van der Waals surface area contributed by atoms with E-state index in [1.807, 2.05) is 0 Å². The van der Waals surface area contributed by atoms with Crippen LogP contribution in [-0.2, 0) is 10.0 Å². The average molecular weight is 213 g/mol. The third kappa shape index (κ3) is 1.29. The van der Waals surface area contributed by atoms with E-state index >= 15 is 0 Å². The summed E-state index contributed by atoms with van der Waals surface area (Å²) >= 11 is 0. The van der Waals surface area contributed by atoms with Gasteiger partial charge in [0.2, 0.25) is 16.0 Å². The molecule has 0 radical (unpaired) electrons. The predicted molar refractivity (Wildman–Crippen MR) is 52.1 cm³/mol. The molecule has 3 nitrogen and oxygen atoms in total. The quantitative estimate of drug-likeness (QED) is 0.721. The zero-order valence-corrected chi connectivity index (χ0v) is 8.25. The number of rotatable bonds is 1. The highest BCUT2D eigenvalue weighted by Gasteiger charge is 2.15. The molecule has 14 heavy (non-hydrogen) atoms. The fourth-order valence-corrected chi connectivity index (χ4v) is 2.33. The molecule has 5 heteroatoms. The van der Waals surface area contributed by atoms with Crippen molar-refractivity contribution in [2.24, 2.45) is 0 Å². The summed E-state index contributed by atoms with van der Waals surface area (Å²) in [4.78, 5) is 0. The van der Waals surface area contributed by atoms with Gasteiger partial charge in [0.1, 0.15) is 0 Å². The van der Waals surface area contributed by atoms with Crippen molar-refractivity contribution in [1.82, 2.24) is 3.97 Å². The van der Waals surface area contributed by atoms with E-state index in [9.17, 15) is 12.8 Å². The standard InChI is InChI=1S/C9H8FNO2S/c1-14(12,13)11-8-5-3-2-4-7(8)6-9(11)10/h2-6H,1H3. The molecule has 0 saturated heterocycles. The number of para-hydroxylation sites is 1. The molecule has 0 saturated carbocycles. The second kappa shape index (κ2) is 2.81. The SMILES string of the molecule is CS(=O)(=O)n1c(F)cc2ccccc21. The normalized spacial score (nSPS) is 12.1. The van der Waals surface area contributed by atoms with Gasteiger partial charge in [0.05, 0.1) is 11.8 Å². The van der Waals surface area contributed by atoms with Crippen LogP contribution in [0.1, 0.15) is 0 Å². The highest BCUT2D eigenvalue weighted by Crippen LogP contribution is 2.19. The Bertz CT molecular complexity index is 586. The molecule has 1 aromatic carbocycles. The first-order chi connectivity index (χ1) is 6.50. The highest BCUT2D eigenvalue weighted by molar-refractivity contribution is 7.89. The third-order valence-corrected chi connectivity index (χ3v) is 2.99. The summed E-state index contributed by atoms with van der Waals surface area (Å²) in [6.45, 7) is 0. The van der Waals surface area contributed by atoms with Crippen LogP contribution in [-0.4, -0.2) is 18.6 Å². The van der Waals surface area contributed by atoms with E-state index in [2.05, 4.69) is 0 Å². The maximum atomic E-state index is 13.3. The molecule has 0 amide bonds. The molecular formula is C9H8FNO2S. The number of nitrogens with zero attached hydrogens (tertiary/aromatic N) is 1. The van der Waals surface area contributed by atoms with Crippen molar-refractivity contribution in [2.75, 3.05) is 6.26 Å². The Morgan fingerprint density at radius 3 is 2.57 bits per heavy atom. The van der Waals surface area contributed by atoms with E-state index in [1.165, 1.54) is 6.07 Å². The summed E-state index contributed by atoms with van der Waals surface area (Å²) in [5.74, 6) is -0.756. The molecule has 0 fully saturated rings. The van der Waals surface area contributed by atoms with Crippen molar-refractivity contribution in [1.29, 1.82) is 0 Å². The zero-order valence-electron chi connectivity index (χ0n) is 7.44. The summed E-state index contributed by atoms with van der Waals surface area (Å²) < 4.78 is 36.5. The summed E-state index contributed by atoms with van der Waals surface area (Å²) in [7, 11) is -3.58. The molecule has 0 unspecified atom stereocenters. The highest BCUT2D eigenvalue weighted by atomic mass is 32.2. The van der Waals surface area contributed by atoms with Crippen LogP contribution in [0.5, 0.6) is 0 Å². The molecule has 1 aromatic heterocycles. The van der Waals surface area contributed by atoms with Crippen LogP contribution in [0.3, 0.4) is 0 Å². The van der Waals surface area contributed by atoms with Crippen LogP contribution in [0.15, 0.2) is 30.3 Å². The van der Waals surface area contributed by atoms with Crippen molar-refractivity contribution in [2.45, 2.75) is 0 Å². The van der Waals surface area contributed by atoms with Gasteiger partial charge in [-0.3, -0.25) is 0 Å². The number of benzene rings is 1. The number of aromatic nitrogens is 1. The topological polar surface area (TPSA) is 39.1 Å². The van der Waals surface area contributed by atoms with Gasteiger partial charge in [-0.1, -0.05) is 18.2 Å². The minimum atomic E-state index is -3.58. The van der Waals surface area contributed by atoms with Gasteiger partial charge in [-0.05, 0) is 6.07 Å². The predicted octanol–water partition coefficient (Wildman–Crippen LogP) is 1.59. The second-order valence-corrected chi connectivity index (χ2v) is 4.88. The number of hydrogen-bond acceptors (Lipinski definition) is 2. The van der Waals surface area contributed by atoms with Crippen LogP contribution in [0.2, 0.25) is 0 Å². The lowest BCUT2D eigenvalue weighted by atomic mass is 10.3. The summed E-state index contributed by atoms with van der Waals surface area (Å²) in [5, 5.41) is 0.579. The number of halogens is 1. The number of fused-ring (bicyclic) bond motifs is 1. The van der Waals surface area contributed by atoms with E-state index in [1.54, 1.807) is 24.3 Å². The second-order valence-electron chi connectivity index (χ2n) is 3.05. The smallest absolute Gasteiger partial charge is 0.212 e. The Labute approximate surface area is 80.8 Å². The lowest BCUT2D eigenvalue weighted by Crippen LogP contribution is -2.11. The monoisotopic (exact) mass is 213 g/mol. The molecule has 74 valence electrons. The Morgan fingerprint density at radius 2 is 1.93 bits per heavy atom. The largest absolute Gasteiger partial charge is 0.238 e. The van der Waals surface area contributed by atoms with E-state index in [0.29, 0.717) is 14.9 Å². The Kier molecular flexibility index (Phi) is 1.85. The van der Waals surface area contributed by atoms with E-state index in [-0.39, 0.29) is 0 Å². The number of hydrogen-bond donors (Lipinski definition) is 0. The molecule has 2 aromatic rings. The van der Waals surface area contributed by atoms with E-state index in [0.717, 1.165) is 6.26 Å². The van der Waals surface area contributed by atoms with Crippen LogP contribution in [0.25, 0.3) is 10.9 Å². The summed E-state index contributed by atoms with van der Waals surface area (Å²) in [6.07, 6.45) is 0.975. The van der Waals surface area contributed by atoms with Crippen molar-refractivity contribution in [3.63, 3.8) is 0 Å². The first-order valence-electron chi connectivity index (χ1n) is 3.97. The molecule has 0 spiro atoms. The van der Waals surface area contributed by atoms with Crippen molar-refractivity contribution < 1.29 is 12.8 Å². The Morgan fingerprint density at radius 1 is 1.29 bits per heavy atom. The zero-order chi connectivity index (χ0) is 10.3. The molecular weight excluding hydrogens is 205 g/mol. The molecule has 2 rings (SSSR count). The van der Waals surface area contributed by atoms with E-state index < -0.39 is 16.0 Å². The first kappa shape index (κ1) is 9.21. The van der Waals surface area contributed by atoms with E-state index in [4.69, 9.17) is 0 Å². The molecule has 0 N–H and O–H groups in total. The molecule has 0 aliphatic carbocycles. The minimum Gasteiger partial charge on any atom is -0.212 e. The maximum absolute atomic E-state index is 13.3.